The SMILES string of the molecule is CCCCc1ccc(NC(=O)c2ccc([N+](=O)[O-])s2)cc1.O=C(O)c1ccc([N+](=O)[O-])s1. The van der Waals surface area contributed by atoms with Gasteiger partial charge in [0.2, 0.25) is 0 Å². The van der Waals surface area contributed by atoms with Crippen molar-refractivity contribution in [3.05, 3.63) is 84.1 Å². The molecule has 3 rings (SSSR count). The van der Waals surface area contributed by atoms with E-state index in [4.69, 9.17) is 5.11 Å². The Morgan fingerprint density at radius 3 is 1.88 bits per heavy atom. The van der Waals surface area contributed by atoms with Crippen molar-refractivity contribution in [1.82, 2.24) is 0 Å². The van der Waals surface area contributed by atoms with Crippen LogP contribution in [0.2, 0.25) is 0 Å². The molecule has 0 radical (unpaired) electrons. The molecule has 0 atom stereocenters. The zero-order valence-corrected chi connectivity index (χ0v) is 18.5. The van der Waals surface area contributed by atoms with Crippen LogP contribution in [0, 0.1) is 20.2 Å². The highest BCUT2D eigenvalue weighted by atomic mass is 32.1. The Bertz CT molecular complexity index is 1080. The number of hydrogen-bond acceptors (Lipinski definition) is 8. The third-order valence-electron chi connectivity index (χ3n) is 4.01. The Morgan fingerprint density at radius 1 is 0.906 bits per heavy atom. The van der Waals surface area contributed by atoms with E-state index in [2.05, 4.69) is 12.2 Å². The minimum atomic E-state index is -1.14. The number of rotatable bonds is 8. The summed E-state index contributed by atoms with van der Waals surface area (Å²) in [5, 5.41) is 31.6. The predicted molar refractivity (Wildman–Crippen MR) is 122 cm³/mol. The van der Waals surface area contributed by atoms with Crippen molar-refractivity contribution in [2.24, 2.45) is 0 Å². The highest BCUT2D eigenvalue weighted by Crippen LogP contribution is 2.25. The number of anilines is 1. The predicted octanol–water partition coefficient (Wildman–Crippen LogP) is 5.61. The second-order valence-corrected chi connectivity index (χ2v) is 8.47. The van der Waals surface area contributed by atoms with Crippen LogP contribution in [0.1, 0.15) is 44.7 Å². The number of amides is 1. The number of unbranched alkanes of at least 4 members (excludes halogenated alkanes) is 1. The van der Waals surface area contributed by atoms with E-state index < -0.39 is 15.8 Å². The molecule has 0 aliphatic rings. The molecule has 0 saturated heterocycles. The fourth-order valence-corrected chi connectivity index (χ4v) is 3.79. The molecular formula is C20H19N3O7S2. The normalized spacial score (nSPS) is 10.0. The summed E-state index contributed by atoms with van der Waals surface area (Å²) in [7, 11) is 0. The highest BCUT2D eigenvalue weighted by molar-refractivity contribution is 7.17. The van der Waals surface area contributed by atoms with Crippen LogP contribution in [0.4, 0.5) is 15.7 Å². The van der Waals surface area contributed by atoms with E-state index in [1.54, 1.807) is 0 Å². The minimum absolute atomic E-state index is 0.0169. The molecule has 168 valence electrons. The van der Waals surface area contributed by atoms with Crippen molar-refractivity contribution >= 4 is 50.2 Å². The molecule has 0 bridgehead atoms. The number of aromatic carboxylic acids is 1. The van der Waals surface area contributed by atoms with Crippen LogP contribution in [0.25, 0.3) is 0 Å². The van der Waals surface area contributed by atoms with E-state index >= 15 is 0 Å². The first-order valence-corrected chi connectivity index (χ1v) is 11.0. The molecule has 1 amide bonds. The van der Waals surface area contributed by atoms with Gasteiger partial charge in [-0.05, 0) is 42.7 Å². The van der Waals surface area contributed by atoms with Gasteiger partial charge < -0.3 is 10.4 Å². The average Bonchev–Trinajstić information content (AvgIpc) is 3.44. The van der Waals surface area contributed by atoms with Crippen LogP contribution in [-0.2, 0) is 6.42 Å². The average molecular weight is 478 g/mol. The number of carbonyl (C=O) groups excluding carboxylic acids is 1. The topological polar surface area (TPSA) is 153 Å². The van der Waals surface area contributed by atoms with Gasteiger partial charge in [-0.2, -0.15) is 0 Å². The number of hydrogen-bond donors (Lipinski definition) is 2. The molecule has 0 fully saturated rings. The zero-order chi connectivity index (χ0) is 23.7. The van der Waals surface area contributed by atoms with E-state index in [1.165, 1.54) is 29.8 Å². The van der Waals surface area contributed by atoms with Gasteiger partial charge in [-0.15, -0.1) is 0 Å². The van der Waals surface area contributed by atoms with Gasteiger partial charge in [0.05, 0.1) is 14.7 Å². The minimum Gasteiger partial charge on any atom is -0.477 e. The largest absolute Gasteiger partial charge is 0.477 e. The van der Waals surface area contributed by atoms with E-state index in [1.807, 2.05) is 24.3 Å². The second kappa shape index (κ2) is 11.7. The third-order valence-corrected chi connectivity index (χ3v) is 6.07. The molecule has 0 aliphatic carbocycles. The van der Waals surface area contributed by atoms with Gasteiger partial charge in [0.1, 0.15) is 4.88 Å². The molecule has 10 nitrogen and oxygen atoms in total. The summed E-state index contributed by atoms with van der Waals surface area (Å²) in [6.45, 7) is 2.15. The van der Waals surface area contributed by atoms with Crippen molar-refractivity contribution in [1.29, 1.82) is 0 Å². The Morgan fingerprint density at radius 2 is 1.44 bits per heavy atom. The Labute approximate surface area is 190 Å². The maximum atomic E-state index is 12.0. The second-order valence-electron chi connectivity index (χ2n) is 6.35. The number of thiophene rings is 2. The number of carboxylic acids is 1. The smallest absolute Gasteiger partial charge is 0.346 e. The lowest BCUT2D eigenvalue weighted by molar-refractivity contribution is -0.380. The van der Waals surface area contributed by atoms with Gasteiger partial charge in [-0.25, -0.2) is 4.79 Å². The zero-order valence-electron chi connectivity index (χ0n) is 16.8. The van der Waals surface area contributed by atoms with Crippen LogP contribution in [0.15, 0.2) is 48.5 Å². The molecule has 12 heteroatoms. The molecule has 3 aromatic rings. The van der Waals surface area contributed by atoms with Crippen LogP contribution in [-0.4, -0.2) is 26.8 Å². The maximum absolute atomic E-state index is 12.0. The lowest BCUT2D eigenvalue weighted by Gasteiger charge is -2.05. The Balaban J connectivity index is 0.000000278. The molecule has 0 aliphatic heterocycles. The first-order chi connectivity index (χ1) is 15.2. The van der Waals surface area contributed by atoms with E-state index in [0.717, 1.165) is 30.6 Å². The van der Waals surface area contributed by atoms with Crippen molar-refractivity contribution in [3.63, 3.8) is 0 Å². The lowest BCUT2D eigenvalue weighted by atomic mass is 10.1. The van der Waals surface area contributed by atoms with Gasteiger partial charge in [0, 0.05) is 17.8 Å². The Kier molecular flexibility index (Phi) is 8.98. The molecule has 2 aromatic heterocycles. The maximum Gasteiger partial charge on any atom is 0.346 e. The number of carboxylic acid groups (broad SMARTS) is 1. The fraction of sp³-hybridized carbons (Fsp3) is 0.200. The summed E-state index contributed by atoms with van der Waals surface area (Å²) >= 11 is 1.52. The number of nitrogens with one attached hydrogen (secondary N) is 1. The van der Waals surface area contributed by atoms with Gasteiger partial charge in [0.15, 0.2) is 0 Å². The first kappa shape index (κ1) is 24.6. The number of nitro groups is 2. The molecule has 0 unspecified atom stereocenters. The summed E-state index contributed by atoms with van der Waals surface area (Å²) in [6.07, 6.45) is 3.32. The van der Waals surface area contributed by atoms with Gasteiger partial charge in [-0.1, -0.05) is 48.2 Å². The van der Waals surface area contributed by atoms with Crippen molar-refractivity contribution < 1.29 is 24.5 Å². The van der Waals surface area contributed by atoms with Gasteiger partial charge >= 0.3 is 16.0 Å². The number of carbonyl (C=O) groups is 2. The molecule has 2 heterocycles. The summed E-state index contributed by atoms with van der Waals surface area (Å²) in [6, 6.07) is 12.9. The van der Waals surface area contributed by atoms with E-state index in [9.17, 15) is 29.8 Å². The third kappa shape index (κ3) is 7.25. The van der Waals surface area contributed by atoms with Crippen LogP contribution < -0.4 is 5.32 Å². The van der Waals surface area contributed by atoms with E-state index in [-0.39, 0.29) is 20.8 Å². The molecule has 2 N–H and O–H groups in total. The summed E-state index contributed by atoms with van der Waals surface area (Å²) in [5.74, 6) is -1.46. The van der Waals surface area contributed by atoms with Gasteiger partial charge in [0.25, 0.3) is 5.91 Å². The molecule has 1 aromatic carbocycles. The van der Waals surface area contributed by atoms with Crippen LogP contribution in [0.3, 0.4) is 0 Å². The number of benzene rings is 1. The molecular weight excluding hydrogens is 458 g/mol. The first-order valence-electron chi connectivity index (χ1n) is 9.33. The quantitative estimate of drug-likeness (QED) is 0.316. The van der Waals surface area contributed by atoms with Crippen molar-refractivity contribution in [2.45, 2.75) is 26.2 Å². The lowest BCUT2D eigenvalue weighted by Crippen LogP contribution is -2.09. The van der Waals surface area contributed by atoms with Crippen molar-refractivity contribution in [2.75, 3.05) is 5.32 Å². The molecule has 0 saturated carbocycles. The number of aryl methyl sites for hydroxylation is 1. The Hall–Kier alpha value is -3.64. The molecule has 0 spiro atoms. The number of nitrogens with zero attached hydrogens (tertiary/aromatic N) is 2. The summed E-state index contributed by atoms with van der Waals surface area (Å²) < 4.78 is 0. The van der Waals surface area contributed by atoms with Gasteiger partial charge in [-0.3, -0.25) is 25.0 Å². The van der Waals surface area contributed by atoms with E-state index in [0.29, 0.717) is 21.9 Å². The summed E-state index contributed by atoms with van der Waals surface area (Å²) in [4.78, 5) is 42.1. The standard InChI is InChI=1S/C15H16N2O3S.C5H3NO4S/c1-2-3-4-11-5-7-12(8-6-11)16-15(18)13-9-10-14(21-13)17(19)20;7-5(8)3-1-2-4(11-3)6(9)10/h5-10H,2-4H2,1H3,(H,16,18);1-2H,(H,7,8). The van der Waals surface area contributed by atoms with Crippen LogP contribution in [0.5, 0.6) is 0 Å². The fourth-order valence-electron chi connectivity index (χ4n) is 2.42. The summed E-state index contributed by atoms with van der Waals surface area (Å²) in [5.41, 5.74) is 1.93. The van der Waals surface area contributed by atoms with Crippen molar-refractivity contribution in [3.8, 4) is 0 Å². The monoisotopic (exact) mass is 477 g/mol. The molecule has 32 heavy (non-hydrogen) atoms. The van der Waals surface area contributed by atoms with Crippen LogP contribution >= 0.6 is 22.7 Å². The highest BCUT2D eigenvalue weighted by Gasteiger charge is 2.15.